The Balaban J connectivity index is 2.00. The lowest BCUT2D eigenvalue weighted by Gasteiger charge is -2.34. The molecule has 3 aromatic carbocycles. The van der Waals surface area contributed by atoms with Crippen LogP contribution in [-0.2, 0) is 9.48 Å². The number of alkyl carbamates (subject to hydrolysis) is 1. The highest BCUT2D eigenvalue weighted by atomic mass is 32.2. The van der Waals surface area contributed by atoms with E-state index in [0.717, 1.165) is 16.7 Å². The van der Waals surface area contributed by atoms with Gasteiger partial charge in [-0.25, -0.2) is 4.79 Å². The van der Waals surface area contributed by atoms with E-state index in [0.29, 0.717) is 5.57 Å². The Kier molecular flexibility index (Phi) is 8.37. The molecule has 0 aliphatic carbocycles. The Hall–Kier alpha value is -3.02. The van der Waals surface area contributed by atoms with Crippen molar-refractivity contribution in [1.29, 1.82) is 0 Å². The summed E-state index contributed by atoms with van der Waals surface area (Å²) in [6.45, 7) is 5.49. The second-order valence-electron chi connectivity index (χ2n) is 8.69. The predicted molar refractivity (Wildman–Crippen MR) is 136 cm³/mol. The summed E-state index contributed by atoms with van der Waals surface area (Å²) in [5.74, 6) is 0. The number of carbonyl (C=O) groups excluding carboxylic acids is 1. The van der Waals surface area contributed by atoms with Gasteiger partial charge in [0.25, 0.3) is 0 Å². The van der Waals surface area contributed by atoms with Crippen molar-refractivity contribution < 1.29 is 14.6 Å². The van der Waals surface area contributed by atoms with Gasteiger partial charge in [0.1, 0.15) is 5.60 Å². The van der Waals surface area contributed by atoms with E-state index in [2.05, 4.69) is 41.7 Å². The molecule has 0 fully saturated rings. The van der Waals surface area contributed by atoms with Crippen LogP contribution in [0.4, 0.5) is 4.79 Å². The largest absolute Gasteiger partial charge is 0.444 e. The third-order valence-electron chi connectivity index (χ3n) is 5.01. The predicted octanol–water partition coefficient (Wildman–Crippen LogP) is 6.11. The summed E-state index contributed by atoms with van der Waals surface area (Å²) in [7, 11) is 0. The molecule has 0 saturated carbocycles. The first kappa shape index (κ1) is 24.6. The fourth-order valence-corrected chi connectivity index (χ4v) is 4.85. The van der Waals surface area contributed by atoms with Crippen LogP contribution in [0.5, 0.6) is 0 Å². The first-order chi connectivity index (χ1) is 15.8. The van der Waals surface area contributed by atoms with Crippen LogP contribution in [0.3, 0.4) is 0 Å². The number of thioether (sulfide) groups is 1. The van der Waals surface area contributed by atoms with Gasteiger partial charge >= 0.3 is 6.09 Å². The van der Waals surface area contributed by atoms with Gasteiger partial charge in [-0.2, -0.15) is 0 Å². The zero-order valence-electron chi connectivity index (χ0n) is 19.3. The Bertz CT molecular complexity index is 948. The van der Waals surface area contributed by atoms with Crippen LogP contribution in [0.15, 0.2) is 102 Å². The van der Waals surface area contributed by atoms with Gasteiger partial charge in [0, 0.05) is 6.54 Å². The van der Waals surface area contributed by atoms with Crippen LogP contribution in [0.1, 0.15) is 37.5 Å². The molecule has 2 N–H and O–H groups in total. The molecule has 1 amide bonds. The molecular formula is C28H31NO3S. The smallest absolute Gasteiger partial charge is 0.407 e. The number of ether oxygens (including phenoxy) is 1. The minimum absolute atomic E-state index is 0.169. The van der Waals surface area contributed by atoms with E-state index < -0.39 is 16.4 Å². The van der Waals surface area contributed by atoms with Crippen molar-refractivity contribution in [1.82, 2.24) is 5.32 Å². The first-order valence-electron chi connectivity index (χ1n) is 10.9. The quantitative estimate of drug-likeness (QED) is 0.397. The minimum atomic E-state index is -0.578. The Morgan fingerprint density at radius 2 is 1.27 bits per heavy atom. The van der Waals surface area contributed by atoms with Crippen molar-refractivity contribution in [3.8, 4) is 0 Å². The molecule has 33 heavy (non-hydrogen) atoms. The number of aliphatic hydroxyl groups excluding tert-OH is 1. The highest BCUT2D eigenvalue weighted by Gasteiger charge is 2.36. The van der Waals surface area contributed by atoms with Crippen molar-refractivity contribution in [2.45, 2.75) is 31.1 Å². The van der Waals surface area contributed by atoms with Gasteiger partial charge in [-0.3, -0.25) is 0 Å². The second kappa shape index (κ2) is 11.2. The third-order valence-corrected chi connectivity index (χ3v) is 6.52. The van der Waals surface area contributed by atoms with Crippen molar-refractivity contribution in [3.05, 3.63) is 119 Å². The average Bonchev–Trinajstić information content (AvgIpc) is 2.82. The first-order valence-corrected chi connectivity index (χ1v) is 11.8. The molecule has 5 heteroatoms. The number of benzene rings is 3. The molecule has 4 nitrogen and oxygen atoms in total. The standard InChI is InChI=1S/C28H31NO3S/c1-27(2,3)32-26(31)29-19-22(20-30)21-33-28(23-13-7-4-8-14-23,24-15-9-5-10-16-24)25-17-11-6-12-18-25/h4-18,21,30H,19-20H2,1-3H3,(H,29,31)/b22-21+. The number of aliphatic hydroxyl groups is 1. The van der Waals surface area contributed by atoms with Crippen LogP contribution >= 0.6 is 11.8 Å². The van der Waals surface area contributed by atoms with Crippen LogP contribution < -0.4 is 5.32 Å². The molecule has 0 heterocycles. The fourth-order valence-electron chi connectivity index (χ4n) is 3.53. The molecule has 3 aromatic rings. The van der Waals surface area contributed by atoms with Gasteiger partial charge in [0.15, 0.2) is 0 Å². The Labute approximate surface area is 200 Å². The van der Waals surface area contributed by atoms with Gasteiger partial charge in [-0.15, -0.1) is 11.8 Å². The number of rotatable bonds is 8. The average molecular weight is 462 g/mol. The molecule has 3 rings (SSSR count). The van der Waals surface area contributed by atoms with Gasteiger partial charge in [-0.1, -0.05) is 91.0 Å². The topological polar surface area (TPSA) is 58.6 Å². The highest BCUT2D eigenvalue weighted by molar-refractivity contribution is 8.03. The summed E-state index contributed by atoms with van der Waals surface area (Å²) in [6, 6.07) is 31.0. The van der Waals surface area contributed by atoms with Gasteiger partial charge < -0.3 is 15.2 Å². The Morgan fingerprint density at radius 3 is 1.64 bits per heavy atom. The van der Waals surface area contributed by atoms with E-state index in [-0.39, 0.29) is 13.2 Å². The van der Waals surface area contributed by atoms with Crippen molar-refractivity contribution in [2.24, 2.45) is 0 Å². The van der Waals surface area contributed by atoms with Crippen LogP contribution in [0.25, 0.3) is 0 Å². The summed E-state index contributed by atoms with van der Waals surface area (Å²) in [4.78, 5) is 12.1. The summed E-state index contributed by atoms with van der Waals surface area (Å²) in [5.41, 5.74) is 3.49. The van der Waals surface area contributed by atoms with E-state index in [1.807, 2.05) is 80.8 Å². The molecular weight excluding hydrogens is 430 g/mol. The summed E-state index contributed by atoms with van der Waals surface area (Å²) < 4.78 is 4.79. The summed E-state index contributed by atoms with van der Waals surface area (Å²) in [6.07, 6.45) is -0.507. The molecule has 0 atom stereocenters. The zero-order valence-corrected chi connectivity index (χ0v) is 20.1. The zero-order chi connectivity index (χ0) is 23.7. The van der Waals surface area contributed by atoms with E-state index in [1.54, 1.807) is 11.8 Å². The fraction of sp³-hybridized carbons (Fsp3) is 0.250. The SMILES string of the molecule is CC(C)(C)OC(=O)NC/C(=C\SC(c1ccccc1)(c1ccccc1)c1ccccc1)CO. The monoisotopic (exact) mass is 461 g/mol. The summed E-state index contributed by atoms with van der Waals surface area (Å²) >= 11 is 1.61. The van der Waals surface area contributed by atoms with Gasteiger partial charge in [0.05, 0.1) is 11.4 Å². The van der Waals surface area contributed by atoms with Crippen molar-refractivity contribution >= 4 is 17.9 Å². The maximum atomic E-state index is 12.1. The maximum Gasteiger partial charge on any atom is 0.407 e. The molecule has 0 aliphatic heterocycles. The lowest BCUT2D eigenvalue weighted by molar-refractivity contribution is 0.0531. The lowest BCUT2D eigenvalue weighted by Crippen LogP contribution is -2.34. The van der Waals surface area contributed by atoms with E-state index in [1.165, 1.54) is 0 Å². The maximum absolute atomic E-state index is 12.1. The molecule has 0 unspecified atom stereocenters. The second-order valence-corrected chi connectivity index (χ2v) is 9.77. The van der Waals surface area contributed by atoms with Crippen molar-refractivity contribution in [3.63, 3.8) is 0 Å². The lowest BCUT2D eigenvalue weighted by atomic mass is 9.84. The van der Waals surface area contributed by atoms with Gasteiger partial charge in [0.2, 0.25) is 0 Å². The molecule has 0 bridgehead atoms. The van der Waals surface area contributed by atoms with Crippen LogP contribution in [-0.4, -0.2) is 30.0 Å². The van der Waals surface area contributed by atoms with E-state index in [9.17, 15) is 9.90 Å². The van der Waals surface area contributed by atoms with E-state index in [4.69, 9.17) is 4.74 Å². The normalized spacial score (nSPS) is 12.3. The van der Waals surface area contributed by atoms with E-state index >= 15 is 0 Å². The molecule has 0 spiro atoms. The van der Waals surface area contributed by atoms with Crippen molar-refractivity contribution in [2.75, 3.05) is 13.2 Å². The highest BCUT2D eigenvalue weighted by Crippen LogP contribution is 2.49. The molecule has 0 radical (unpaired) electrons. The number of nitrogens with one attached hydrogen (secondary N) is 1. The number of carbonyl (C=O) groups is 1. The number of amides is 1. The third kappa shape index (κ3) is 6.50. The molecule has 172 valence electrons. The molecule has 0 aliphatic rings. The molecule has 0 aromatic heterocycles. The van der Waals surface area contributed by atoms with Crippen LogP contribution in [0.2, 0.25) is 0 Å². The minimum Gasteiger partial charge on any atom is -0.444 e. The van der Waals surface area contributed by atoms with Crippen LogP contribution in [0, 0.1) is 0 Å². The number of hydrogen-bond acceptors (Lipinski definition) is 4. The number of hydrogen-bond donors (Lipinski definition) is 2. The van der Waals surface area contributed by atoms with Gasteiger partial charge in [-0.05, 0) is 48.4 Å². The molecule has 0 saturated heterocycles. The summed E-state index contributed by atoms with van der Waals surface area (Å²) in [5, 5.41) is 14.7. The Morgan fingerprint density at radius 1 is 0.848 bits per heavy atom.